The van der Waals surface area contributed by atoms with Crippen molar-refractivity contribution in [3.8, 4) is 0 Å². The molecule has 0 bridgehead atoms. The van der Waals surface area contributed by atoms with Crippen LogP contribution in [0.5, 0.6) is 0 Å². The lowest BCUT2D eigenvalue weighted by atomic mass is 9.81. The lowest BCUT2D eigenvalue weighted by molar-refractivity contribution is -0.143. The van der Waals surface area contributed by atoms with Gasteiger partial charge in [-0.05, 0) is 63.8 Å². The van der Waals surface area contributed by atoms with Crippen molar-refractivity contribution in [2.24, 2.45) is 0 Å². The zero-order valence-corrected chi connectivity index (χ0v) is 21.9. The van der Waals surface area contributed by atoms with E-state index in [1.54, 1.807) is 6.07 Å². The van der Waals surface area contributed by atoms with Crippen LogP contribution >= 0.6 is 32.3 Å². The Bertz CT molecular complexity index is 1230. The summed E-state index contributed by atoms with van der Waals surface area (Å²) >= 11 is 5.73. The average molecular weight is 629 g/mol. The molecule has 0 aliphatic carbocycles. The van der Waals surface area contributed by atoms with Gasteiger partial charge >= 0.3 is 12.4 Å². The maximum absolute atomic E-state index is 13.6. The zero-order chi connectivity index (χ0) is 26.3. The number of aromatic nitrogens is 1. The molecule has 0 saturated carbocycles. The molecular weight excluding hydrogens is 609 g/mol. The van der Waals surface area contributed by atoms with Crippen molar-refractivity contribution < 1.29 is 31.1 Å². The summed E-state index contributed by atoms with van der Waals surface area (Å²) in [6.45, 7) is 4.53. The van der Waals surface area contributed by atoms with Gasteiger partial charge in [0.25, 0.3) is 0 Å². The van der Waals surface area contributed by atoms with Crippen LogP contribution in [0.4, 0.5) is 32.0 Å². The Balaban J connectivity index is 2.11. The second-order valence-corrected chi connectivity index (χ2v) is 11.7. The van der Waals surface area contributed by atoms with Gasteiger partial charge in [0.1, 0.15) is 5.15 Å². The lowest BCUT2D eigenvalue weighted by Crippen LogP contribution is -2.42. The van der Waals surface area contributed by atoms with Crippen molar-refractivity contribution in [2.45, 2.75) is 38.5 Å². The molecule has 0 fully saturated rings. The van der Waals surface area contributed by atoms with E-state index in [2.05, 4.69) is 9.07 Å². The number of hydrogen-bond acceptors (Lipinski definition) is 2. The number of hydrogen-bond donors (Lipinski definition) is 0. The first-order valence-electron chi connectivity index (χ1n) is 10.1. The molecule has 0 N–H and O–H groups in total. The molecule has 35 heavy (non-hydrogen) atoms. The highest BCUT2D eigenvalue weighted by Gasteiger charge is 2.41. The molecule has 3 nitrogen and oxygen atoms in total. The van der Waals surface area contributed by atoms with Crippen molar-refractivity contribution in [2.75, 3.05) is 11.9 Å². The fourth-order valence-corrected chi connectivity index (χ4v) is 5.50. The van der Waals surface area contributed by atoms with Crippen molar-refractivity contribution in [3.63, 3.8) is 0 Å². The highest BCUT2D eigenvalue weighted by atomic mass is 127. The van der Waals surface area contributed by atoms with E-state index in [-0.39, 0.29) is 32.0 Å². The van der Waals surface area contributed by atoms with Crippen molar-refractivity contribution in [1.29, 1.82) is 0 Å². The molecule has 0 atom stereocenters. The summed E-state index contributed by atoms with van der Waals surface area (Å²) in [7, 11) is 1.40. The van der Waals surface area contributed by atoms with Crippen LogP contribution < -0.4 is 4.90 Å². The number of halogens is 8. The first kappa shape index (κ1) is 27.4. The Hall–Kier alpha value is -2.21. The number of anilines is 1. The zero-order valence-electron chi connectivity index (χ0n) is 18.9. The maximum atomic E-state index is 13.6. The Kier molecular flexibility index (Phi) is 7.57. The normalized spacial score (nSPS) is 14.7. The molecule has 1 aromatic carbocycles. The summed E-state index contributed by atoms with van der Waals surface area (Å²) in [5, 5.41) is 0.179. The van der Waals surface area contributed by atoms with Gasteiger partial charge in [0.2, 0.25) is 5.91 Å². The molecule has 1 aliphatic heterocycles. The minimum absolute atomic E-state index is 0.0414. The molecule has 0 saturated heterocycles. The second-order valence-electron chi connectivity index (χ2n) is 8.35. The molecule has 0 spiro atoms. The predicted molar refractivity (Wildman–Crippen MR) is 134 cm³/mol. The van der Waals surface area contributed by atoms with Gasteiger partial charge in [0, 0.05) is 12.6 Å². The molecule has 1 amide bonds. The quantitative estimate of drug-likeness (QED) is 0.197. The van der Waals surface area contributed by atoms with Crippen LogP contribution in [0.15, 0.2) is 46.7 Å². The number of rotatable bonds is 4. The second kappa shape index (κ2) is 9.68. The van der Waals surface area contributed by atoms with Crippen LogP contribution in [0, 0.1) is 0 Å². The van der Waals surface area contributed by atoms with E-state index in [1.807, 2.05) is 19.1 Å². The number of pyridine rings is 1. The van der Waals surface area contributed by atoms with Gasteiger partial charge in [-0.3, -0.25) is 4.79 Å². The largest absolute Gasteiger partial charge is 0.416 e. The number of nitrogens with zero attached hydrogens (tertiary/aromatic N) is 2. The molecule has 3 rings (SSSR count). The van der Waals surface area contributed by atoms with Gasteiger partial charge in [0.15, 0.2) is 0 Å². The number of carbonyl (C=O) groups is 1. The molecule has 1 aliphatic rings. The third kappa shape index (κ3) is 5.79. The van der Waals surface area contributed by atoms with Gasteiger partial charge in [-0.2, -0.15) is 26.3 Å². The standard InChI is InChI=1S/C24H20ClF6IN2O/c1-13-17(6-5-7-32-13)18-11-20(25)33-12-19(18)34(4)21(35)22(2,3)14-8-15(23(26,27)28)10-16(9-14)24(29,30)31/h5-12H,1-4H3. The smallest absolute Gasteiger partial charge is 0.313 e. The van der Waals surface area contributed by atoms with Crippen LogP contribution in [0.1, 0.15) is 43.0 Å². The third-order valence-corrected chi connectivity index (χ3v) is 8.08. The topological polar surface area (TPSA) is 33.2 Å². The molecule has 2 aromatic rings. The SMILES string of the molecule is CC1=IC=CC=C1c1cc(Cl)ncc1N(C)C(=O)C(C)(C)c1cc(C(F)(F)F)cc(C(F)(F)F)c1. The summed E-state index contributed by atoms with van der Waals surface area (Å²) in [4.78, 5) is 18.8. The third-order valence-electron chi connectivity index (χ3n) is 5.58. The van der Waals surface area contributed by atoms with Gasteiger partial charge in [-0.15, -0.1) is 0 Å². The first-order chi connectivity index (χ1) is 16.0. The van der Waals surface area contributed by atoms with Gasteiger partial charge in [-0.1, -0.05) is 44.5 Å². The number of likely N-dealkylation sites (N-methyl/N-ethyl adjacent to an activating group) is 1. The van der Waals surface area contributed by atoms with Crippen LogP contribution in [0.25, 0.3) is 5.57 Å². The van der Waals surface area contributed by atoms with E-state index in [1.165, 1.54) is 32.0 Å². The Morgan fingerprint density at radius 2 is 1.51 bits per heavy atom. The number of alkyl halides is 6. The molecule has 0 unspecified atom stereocenters. The molecule has 0 radical (unpaired) electrons. The van der Waals surface area contributed by atoms with E-state index >= 15 is 0 Å². The van der Waals surface area contributed by atoms with E-state index < -0.39 is 40.4 Å². The van der Waals surface area contributed by atoms with E-state index in [0.717, 1.165) is 9.08 Å². The Labute approximate surface area is 213 Å². The minimum atomic E-state index is -5.02. The molecule has 2 heterocycles. The van der Waals surface area contributed by atoms with Gasteiger partial charge in [0.05, 0.1) is 28.4 Å². The molecule has 11 heteroatoms. The monoisotopic (exact) mass is 628 g/mol. The maximum Gasteiger partial charge on any atom is 0.416 e. The average Bonchev–Trinajstić information content (AvgIpc) is 2.77. The summed E-state index contributed by atoms with van der Waals surface area (Å²) in [5.41, 5.74) is -3.33. The summed E-state index contributed by atoms with van der Waals surface area (Å²) < 4.78 is 83.5. The molecule has 188 valence electrons. The van der Waals surface area contributed by atoms with Crippen molar-refractivity contribution in [1.82, 2.24) is 4.98 Å². The minimum Gasteiger partial charge on any atom is -0.313 e. The van der Waals surface area contributed by atoms with Crippen molar-refractivity contribution >= 4 is 53.0 Å². The van der Waals surface area contributed by atoms with Crippen LogP contribution in [-0.4, -0.2) is 21.4 Å². The lowest BCUT2D eigenvalue weighted by Gasteiger charge is -2.32. The van der Waals surface area contributed by atoms with Crippen LogP contribution in [0.2, 0.25) is 5.15 Å². The number of carbonyl (C=O) groups excluding carboxylic acids is 1. The highest BCUT2D eigenvalue weighted by Crippen LogP contribution is 2.40. The Morgan fingerprint density at radius 3 is 2.03 bits per heavy atom. The first-order valence-corrected chi connectivity index (χ1v) is 12.8. The highest BCUT2D eigenvalue weighted by molar-refractivity contribution is 14.2. The van der Waals surface area contributed by atoms with E-state index in [0.29, 0.717) is 23.4 Å². The van der Waals surface area contributed by atoms with Gasteiger partial charge < -0.3 is 4.90 Å². The summed E-state index contributed by atoms with van der Waals surface area (Å²) in [6.07, 6.45) is -4.93. The fourth-order valence-electron chi connectivity index (χ4n) is 3.59. The van der Waals surface area contributed by atoms with Crippen LogP contribution in [-0.2, 0) is 22.6 Å². The number of benzene rings is 1. The molecule has 1 aromatic heterocycles. The predicted octanol–water partition coefficient (Wildman–Crippen LogP) is 7.79. The van der Waals surface area contributed by atoms with Crippen LogP contribution in [0.3, 0.4) is 0 Å². The number of amides is 1. The van der Waals surface area contributed by atoms with E-state index in [9.17, 15) is 31.1 Å². The van der Waals surface area contributed by atoms with E-state index in [4.69, 9.17) is 11.6 Å². The Morgan fingerprint density at radius 1 is 0.971 bits per heavy atom. The number of allylic oxidation sites excluding steroid dienone is 3. The summed E-state index contributed by atoms with van der Waals surface area (Å²) in [5.74, 6) is -0.713. The van der Waals surface area contributed by atoms with Crippen molar-refractivity contribution in [3.05, 3.63) is 74.1 Å². The molecular formula is C24H20ClF6IN2O. The fraction of sp³-hybridized carbons (Fsp3) is 0.292. The van der Waals surface area contributed by atoms with Gasteiger partial charge in [-0.25, -0.2) is 4.98 Å². The summed E-state index contributed by atoms with van der Waals surface area (Å²) in [6, 6.07) is 2.79.